The van der Waals surface area contributed by atoms with E-state index in [-0.39, 0.29) is 29.5 Å². The molecule has 192 valence electrons. The zero-order chi connectivity index (χ0) is 25.1. The highest BCUT2D eigenvalue weighted by Crippen LogP contribution is 2.68. The van der Waals surface area contributed by atoms with Crippen molar-refractivity contribution in [3.05, 3.63) is 12.7 Å². The first kappa shape index (κ1) is 27.5. The van der Waals surface area contributed by atoms with Gasteiger partial charge < -0.3 is 15.3 Å². The number of aliphatic imine (C=N–C) groups is 1. The van der Waals surface area contributed by atoms with Crippen molar-refractivity contribution in [2.75, 3.05) is 6.54 Å². The number of thiocarbonyl (C=S) groups is 1. The zero-order valence-corrected chi connectivity index (χ0v) is 22.1. The zero-order valence-electron chi connectivity index (χ0n) is 21.3. The van der Waals surface area contributed by atoms with Gasteiger partial charge in [-0.3, -0.25) is 4.79 Å². The molecule has 0 aromatic carbocycles. The van der Waals surface area contributed by atoms with Crippen LogP contribution in [-0.4, -0.2) is 45.2 Å². The number of fused-ring (bicyclic) bond motifs is 5. The first-order chi connectivity index (χ1) is 16.1. The topological polar surface area (TPSA) is 90.1 Å². The van der Waals surface area contributed by atoms with Crippen molar-refractivity contribution in [2.45, 2.75) is 97.2 Å². The summed E-state index contributed by atoms with van der Waals surface area (Å²) >= 11 is 4.25. The van der Waals surface area contributed by atoms with Crippen molar-refractivity contribution in [3.63, 3.8) is 0 Å². The second-order valence-corrected chi connectivity index (χ2v) is 12.2. The van der Waals surface area contributed by atoms with Crippen molar-refractivity contribution < 1.29 is 20.1 Å². The summed E-state index contributed by atoms with van der Waals surface area (Å²) in [6.45, 7) is 11.0. The lowest BCUT2D eigenvalue weighted by Gasteiger charge is -2.62. The minimum Gasteiger partial charge on any atom is -0.481 e. The molecule has 0 aromatic heterocycles. The Hall–Kier alpha value is -1.07. The summed E-state index contributed by atoms with van der Waals surface area (Å²) in [7, 11) is 0. The lowest BCUT2D eigenvalue weighted by atomic mass is 9.43. The van der Waals surface area contributed by atoms with Crippen LogP contribution in [0.2, 0.25) is 0 Å². The number of carboxylic acids is 1. The van der Waals surface area contributed by atoms with Gasteiger partial charge in [0.05, 0.1) is 23.9 Å². The number of carboxylic acid groups (broad SMARTS) is 1. The molecule has 0 heterocycles. The number of aliphatic hydroxyl groups is 2. The summed E-state index contributed by atoms with van der Waals surface area (Å²) in [6, 6.07) is 0. The number of rotatable bonds is 6. The van der Waals surface area contributed by atoms with Crippen LogP contribution in [-0.2, 0) is 4.79 Å². The van der Waals surface area contributed by atoms with E-state index in [1.807, 2.05) is 0 Å². The molecule has 3 N–H and O–H groups in total. The first-order valence-corrected chi connectivity index (χ1v) is 13.7. The van der Waals surface area contributed by atoms with Crippen molar-refractivity contribution in [1.29, 1.82) is 0 Å². The Kier molecular flexibility index (Phi) is 9.17. The Balaban J connectivity index is 0.000000481. The van der Waals surface area contributed by atoms with Crippen LogP contribution in [0, 0.1) is 46.3 Å². The van der Waals surface area contributed by atoms with Gasteiger partial charge >= 0.3 is 5.97 Å². The van der Waals surface area contributed by atoms with Crippen LogP contribution in [0.1, 0.15) is 85.0 Å². The van der Waals surface area contributed by atoms with Gasteiger partial charge in [0, 0.05) is 6.42 Å². The minimum atomic E-state index is -0.707. The summed E-state index contributed by atoms with van der Waals surface area (Å²) in [4.78, 5) is 14.6. The van der Waals surface area contributed by atoms with Crippen LogP contribution in [0.5, 0.6) is 0 Å². The van der Waals surface area contributed by atoms with E-state index in [0.29, 0.717) is 42.1 Å². The smallest absolute Gasteiger partial charge is 0.303 e. The summed E-state index contributed by atoms with van der Waals surface area (Å²) in [6.07, 6.45) is 10.9. The normalized spacial score (nSPS) is 43.6. The standard InChI is InChI=1S/C24H40O4.C4H5NS/c1-14(4-9-22(27)28)18-7-8-19-17-6-5-15-12-16(25)10-11-23(15,2)20(17)13-21(26)24(18,19)3;1-2-3-5-4-6/h14-21,25-26H,4-13H2,1-3H3,(H,27,28);2H,1,3H2/t14-,15-,16-,17?,18-,19?,20?,21+,23+,24-;/m1./s1. The van der Waals surface area contributed by atoms with Crippen molar-refractivity contribution in [1.82, 2.24) is 0 Å². The quantitative estimate of drug-likeness (QED) is 0.250. The third-order valence-corrected chi connectivity index (χ3v) is 10.7. The Morgan fingerprint density at radius 1 is 1.18 bits per heavy atom. The molecule has 0 aliphatic heterocycles. The molecule has 4 fully saturated rings. The number of carbonyl (C=O) groups is 1. The first-order valence-electron chi connectivity index (χ1n) is 13.3. The van der Waals surface area contributed by atoms with E-state index in [1.165, 1.54) is 19.3 Å². The number of hydrogen-bond acceptors (Lipinski definition) is 5. The Labute approximate surface area is 211 Å². The SMILES string of the molecule is C=CCN=C=S.C[C@H](CCC(=O)O)[C@H]1CCC2C3CC[C@@H]4C[C@H](O)CC[C@]4(C)C3C[C@H](O)[C@@]21C. The maximum Gasteiger partial charge on any atom is 0.303 e. The van der Waals surface area contributed by atoms with E-state index < -0.39 is 5.97 Å². The molecule has 0 spiro atoms. The predicted octanol–water partition coefficient (Wildman–Crippen LogP) is 5.75. The van der Waals surface area contributed by atoms with E-state index in [1.54, 1.807) is 6.08 Å². The highest BCUT2D eigenvalue weighted by Gasteiger charge is 2.63. The molecule has 0 bridgehead atoms. The van der Waals surface area contributed by atoms with Crippen LogP contribution in [0.4, 0.5) is 0 Å². The lowest BCUT2D eigenvalue weighted by Crippen LogP contribution is -2.58. The van der Waals surface area contributed by atoms with E-state index in [2.05, 4.69) is 49.7 Å². The van der Waals surface area contributed by atoms with E-state index in [9.17, 15) is 15.0 Å². The fourth-order valence-electron chi connectivity index (χ4n) is 8.81. The average molecular weight is 492 g/mol. The summed E-state index contributed by atoms with van der Waals surface area (Å²) in [5, 5.41) is 33.0. The molecule has 4 rings (SSSR count). The number of aliphatic hydroxyl groups excluding tert-OH is 2. The van der Waals surface area contributed by atoms with Gasteiger partial charge in [-0.05, 0) is 116 Å². The van der Waals surface area contributed by atoms with Crippen LogP contribution < -0.4 is 0 Å². The Bertz CT molecular complexity index is 782. The molecule has 4 aliphatic carbocycles. The Morgan fingerprint density at radius 2 is 1.91 bits per heavy atom. The molecule has 0 amide bonds. The summed E-state index contributed by atoms with van der Waals surface area (Å²) in [5.41, 5.74) is 0.216. The molecular formula is C28H45NO4S. The fraction of sp³-hybridized carbons (Fsp3) is 0.857. The molecule has 0 radical (unpaired) electrons. The lowest BCUT2D eigenvalue weighted by molar-refractivity contribution is -0.175. The van der Waals surface area contributed by atoms with Gasteiger partial charge in [0.15, 0.2) is 0 Å². The maximum atomic E-state index is 11.5. The highest BCUT2D eigenvalue weighted by atomic mass is 32.1. The maximum absolute atomic E-state index is 11.5. The monoisotopic (exact) mass is 491 g/mol. The van der Waals surface area contributed by atoms with E-state index >= 15 is 0 Å². The van der Waals surface area contributed by atoms with E-state index in [0.717, 1.165) is 38.5 Å². The van der Waals surface area contributed by atoms with Gasteiger partial charge in [0.25, 0.3) is 0 Å². The summed E-state index contributed by atoms with van der Waals surface area (Å²) < 4.78 is 0. The van der Waals surface area contributed by atoms with Gasteiger partial charge in [0.1, 0.15) is 0 Å². The predicted molar refractivity (Wildman–Crippen MR) is 139 cm³/mol. The minimum absolute atomic E-state index is 0.0591. The highest BCUT2D eigenvalue weighted by molar-refractivity contribution is 7.78. The fourth-order valence-corrected chi connectivity index (χ4v) is 8.89. The molecule has 3 unspecified atom stereocenters. The molecule has 10 atom stereocenters. The van der Waals surface area contributed by atoms with Crippen molar-refractivity contribution in [3.8, 4) is 0 Å². The van der Waals surface area contributed by atoms with E-state index in [4.69, 9.17) is 5.11 Å². The molecule has 0 aromatic rings. The Morgan fingerprint density at radius 3 is 2.53 bits per heavy atom. The third kappa shape index (κ3) is 5.21. The van der Waals surface area contributed by atoms with Crippen LogP contribution in [0.15, 0.2) is 17.6 Å². The van der Waals surface area contributed by atoms with Crippen molar-refractivity contribution >= 4 is 23.3 Å². The number of hydrogen-bond donors (Lipinski definition) is 3. The molecule has 4 aliphatic rings. The number of aliphatic carboxylic acids is 1. The summed E-state index contributed by atoms with van der Waals surface area (Å²) in [5.74, 6) is 2.55. The van der Waals surface area contributed by atoms with Gasteiger partial charge in [-0.25, -0.2) is 4.99 Å². The molecule has 0 saturated heterocycles. The van der Waals surface area contributed by atoms with Crippen LogP contribution in [0.3, 0.4) is 0 Å². The van der Waals surface area contributed by atoms with Gasteiger partial charge in [-0.2, -0.15) is 0 Å². The second-order valence-electron chi connectivity index (χ2n) is 12.0. The largest absolute Gasteiger partial charge is 0.481 e. The molecule has 4 saturated carbocycles. The number of nitrogens with zero attached hydrogens (tertiary/aromatic N) is 1. The molecule has 5 nitrogen and oxygen atoms in total. The molecule has 34 heavy (non-hydrogen) atoms. The second kappa shape index (κ2) is 11.3. The van der Waals surface area contributed by atoms with Crippen molar-refractivity contribution in [2.24, 2.45) is 51.3 Å². The average Bonchev–Trinajstić information content (AvgIpc) is 3.16. The van der Waals surface area contributed by atoms with Gasteiger partial charge in [-0.1, -0.05) is 26.8 Å². The van der Waals surface area contributed by atoms with Crippen LogP contribution >= 0.6 is 12.2 Å². The number of isothiocyanates is 1. The third-order valence-electron chi connectivity index (χ3n) is 10.6. The van der Waals surface area contributed by atoms with Crippen LogP contribution in [0.25, 0.3) is 0 Å². The molecule has 6 heteroatoms. The van der Waals surface area contributed by atoms with Gasteiger partial charge in [-0.15, -0.1) is 6.58 Å². The molecular weight excluding hydrogens is 446 g/mol. The van der Waals surface area contributed by atoms with Gasteiger partial charge in [0.2, 0.25) is 0 Å².